The largest absolute Gasteiger partial charge is 0.872 e. The second kappa shape index (κ2) is 6.41. The van der Waals surface area contributed by atoms with Crippen molar-refractivity contribution in [1.29, 1.82) is 0 Å². The molecular formula is C17H15O3S-. The lowest BCUT2D eigenvalue weighted by Crippen LogP contribution is -2.05. The third-order valence-electron chi connectivity index (χ3n) is 2.86. The Bertz CT molecular complexity index is 755. The molecule has 0 aliphatic rings. The van der Waals surface area contributed by atoms with Crippen molar-refractivity contribution < 1.29 is 13.5 Å². The van der Waals surface area contributed by atoms with Gasteiger partial charge in [-0.05, 0) is 24.6 Å². The zero-order chi connectivity index (χ0) is 15.3. The topological polar surface area (TPSA) is 57.2 Å². The van der Waals surface area contributed by atoms with E-state index < -0.39 is 15.6 Å². The summed E-state index contributed by atoms with van der Waals surface area (Å²) in [6.45, 7) is 1.87. The summed E-state index contributed by atoms with van der Waals surface area (Å²) in [5, 5.41) is 12.5. The van der Waals surface area contributed by atoms with Crippen molar-refractivity contribution in [3.63, 3.8) is 0 Å². The van der Waals surface area contributed by atoms with E-state index >= 15 is 0 Å². The monoisotopic (exact) mass is 299 g/mol. The Morgan fingerprint density at radius 3 is 2.24 bits per heavy atom. The van der Waals surface area contributed by atoms with E-state index in [4.69, 9.17) is 0 Å². The molecule has 4 heteroatoms. The first-order chi connectivity index (χ1) is 9.97. The van der Waals surface area contributed by atoms with Gasteiger partial charge in [-0.3, -0.25) is 0 Å². The molecule has 0 aromatic heterocycles. The van der Waals surface area contributed by atoms with Crippen LogP contribution >= 0.6 is 0 Å². The molecule has 0 atom stereocenters. The Morgan fingerprint density at radius 1 is 1.00 bits per heavy atom. The molecule has 0 heterocycles. The molecule has 0 N–H and O–H groups in total. The molecule has 2 rings (SSSR count). The van der Waals surface area contributed by atoms with E-state index in [1.807, 2.05) is 37.3 Å². The third-order valence-corrected chi connectivity index (χ3v) is 4.33. The number of aryl methyl sites for hydroxylation is 1. The van der Waals surface area contributed by atoms with Gasteiger partial charge in [-0.25, -0.2) is 8.42 Å². The van der Waals surface area contributed by atoms with E-state index in [0.29, 0.717) is 0 Å². The van der Waals surface area contributed by atoms with Gasteiger partial charge in [0.25, 0.3) is 0 Å². The Morgan fingerprint density at radius 2 is 1.62 bits per heavy atom. The minimum atomic E-state index is -3.71. The lowest BCUT2D eigenvalue weighted by atomic mass is 10.2. The lowest BCUT2D eigenvalue weighted by Gasteiger charge is -2.07. The van der Waals surface area contributed by atoms with Crippen molar-refractivity contribution >= 4 is 15.9 Å². The van der Waals surface area contributed by atoms with Crippen LogP contribution in [0.1, 0.15) is 11.1 Å². The molecule has 0 aliphatic carbocycles. The summed E-state index contributed by atoms with van der Waals surface area (Å²) in [6, 6.07) is 15.6. The predicted molar refractivity (Wildman–Crippen MR) is 81.9 cm³/mol. The van der Waals surface area contributed by atoms with E-state index in [1.165, 1.54) is 18.2 Å². The maximum absolute atomic E-state index is 12.1. The van der Waals surface area contributed by atoms with Gasteiger partial charge in [-0.15, -0.1) is 0 Å². The van der Waals surface area contributed by atoms with Gasteiger partial charge in [-0.1, -0.05) is 65.9 Å². The molecule has 0 unspecified atom stereocenters. The highest BCUT2D eigenvalue weighted by Crippen LogP contribution is 2.14. The second-order valence-corrected chi connectivity index (χ2v) is 6.42. The molecule has 108 valence electrons. The third kappa shape index (κ3) is 4.33. The summed E-state index contributed by atoms with van der Waals surface area (Å²) in [6.07, 6.45) is 2.84. The van der Waals surface area contributed by atoms with Crippen LogP contribution in [0.3, 0.4) is 0 Å². The van der Waals surface area contributed by atoms with Crippen LogP contribution in [0.5, 0.6) is 0 Å². The second-order valence-electron chi connectivity index (χ2n) is 4.62. The summed E-state index contributed by atoms with van der Waals surface area (Å²) < 4.78 is 24.1. The Labute approximate surface area is 124 Å². The summed E-state index contributed by atoms with van der Waals surface area (Å²) in [7, 11) is -3.71. The van der Waals surface area contributed by atoms with Crippen LogP contribution in [0, 0.1) is 6.92 Å². The summed E-state index contributed by atoms with van der Waals surface area (Å²) in [5.74, 6) is -0.556. The normalized spacial score (nSPS) is 12.7. The first kappa shape index (κ1) is 15.1. The van der Waals surface area contributed by atoms with Gasteiger partial charge < -0.3 is 5.11 Å². The number of allylic oxidation sites excluding steroid dienone is 1. The van der Waals surface area contributed by atoms with Gasteiger partial charge in [0.1, 0.15) is 0 Å². The van der Waals surface area contributed by atoms with Crippen LogP contribution in [0.4, 0.5) is 0 Å². The minimum absolute atomic E-state index is 0.120. The van der Waals surface area contributed by atoms with Crippen molar-refractivity contribution in [1.82, 2.24) is 0 Å². The fraction of sp³-hybridized carbons (Fsp3) is 0.0588. The van der Waals surface area contributed by atoms with Gasteiger partial charge in [0.2, 0.25) is 0 Å². The average molecular weight is 299 g/mol. The van der Waals surface area contributed by atoms with Gasteiger partial charge in [-0.2, -0.15) is 0 Å². The standard InChI is InChI=1S/C17H16O3S/c1-14-7-11-17(12-8-14)21(19,20)13-16(18)10-9-15-5-3-2-4-6-15/h2-13,18H,1H3/p-1/b10-9+,16-13-. The van der Waals surface area contributed by atoms with Crippen LogP contribution in [-0.4, -0.2) is 8.42 Å². The maximum Gasteiger partial charge on any atom is 0.199 e. The number of benzene rings is 2. The van der Waals surface area contributed by atoms with Crippen LogP contribution in [-0.2, 0) is 9.84 Å². The average Bonchev–Trinajstić information content (AvgIpc) is 2.46. The van der Waals surface area contributed by atoms with Crippen LogP contribution < -0.4 is 5.11 Å². The van der Waals surface area contributed by atoms with E-state index in [0.717, 1.165) is 16.5 Å². The lowest BCUT2D eigenvalue weighted by molar-refractivity contribution is -0.294. The highest BCUT2D eigenvalue weighted by atomic mass is 32.2. The SMILES string of the molecule is Cc1ccc(S(=O)(=O)/C=C([O-])/C=C/c2ccccc2)cc1. The van der Waals surface area contributed by atoms with Gasteiger partial charge >= 0.3 is 0 Å². The van der Waals surface area contributed by atoms with Crippen molar-refractivity contribution in [2.24, 2.45) is 0 Å². The minimum Gasteiger partial charge on any atom is -0.872 e. The molecular weight excluding hydrogens is 284 g/mol. The zero-order valence-electron chi connectivity index (χ0n) is 11.6. The fourth-order valence-corrected chi connectivity index (χ4v) is 2.77. The summed E-state index contributed by atoms with van der Waals surface area (Å²) in [4.78, 5) is 0.120. The van der Waals surface area contributed by atoms with Crippen molar-refractivity contribution in [2.45, 2.75) is 11.8 Å². The molecule has 0 saturated heterocycles. The summed E-state index contributed by atoms with van der Waals surface area (Å²) >= 11 is 0. The maximum atomic E-state index is 12.1. The van der Waals surface area contributed by atoms with Crippen molar-refractivity contribution in [3.05, 3.63) is 83.0 Å². The predicted octanol–water partition coefficient (Wildman–Crippen LogP) is 2.68. The van der Waals surface area contributed by atoms with Gasteiger partial charge in [0.05, 0.1) is 4.90 Å². The highest BCUT2D eigenvalue weighted by Gasteiger charge is 2.09. The molecule has 0 radical (unpaired) electrons. The quantitative estimate of drug-likeness (QED) is 0.644. The van der Waals surface area contributed by atoms with Crippen LogP contribution in [0.25, 0.3) is 6.08 Å². The number of hydrogen-bond acceptors (Lipinski definition) is 3. The van der Waals surface area contributed by atoms with E-state index in [9.17, 15) is 13.5 Å². The number of rotatable bonds is 4. The molecule has 0 spiro atoms. The summed E-state index contributed by atoms with van der Waals surface area (Å²) in [5.41, 5.74) is 1.80. The first-order valence-corrected chi connectivity index (χ1v) is 7.96. The number of hydrogen-bond donors (Lipinski definition) is 0. The number of sulfone groups is 1. The molecule has 3 nitrogen and oxygen atoms in total. The van der Waals surface area contributed by atoms with Gasteiger partial charge in [0, 0.05) is 5.41 Å². The molecule has 0 aliphatic heterocycles. The highest BCUT2D eigenvalue weighted by molar-refractivity contribution is 7.94. The van der Waals surface area contributed by atoms with Crippen molar-refractivity contribution in [2.75, 3.05) is 0 Å². The zero-order valence-corrected chi connectivity index (χ0v) is 12.4. The van der Waals surface area contributed by atoms with Crippen molar-refractivity contribution in [3.8, 4) is 0 Å². The van der Waals surface area contributed by atoms with E-state index in [2.05, 4.69) is 0 Å². The van der Waals surface area contributed by atoms with Crippen LogP contribution in [0.15, 0.2) is 76.7 Å². The fourth-order valence-electron chi connectivity index (χ4n) is 1.73. The molecule has 21 heavy (non-hydrogen) atoms. The molecule has 0 saturated carbocycles. The van der Waals surface area contributed by atoms with Crippen LogP contribution in [0.2, 0.25) is 0 Å². The first-order valence-electron chi connectivity index (χ1n) is 6.41. The Hall–Kier alpha value is -2.33. The molecule has 2 aromatic carbocycles. The Balaban J connectivity index is 2.21. The molecule has 0 fully saturated rings. The van der Waals surface area contributed by atoms with Gasteiger partial charge in [0.15, 0.2) is 9.84 Å². The van der Waals surface area contributed by atoms with E-state index in [-0.39, 0.29) is 4.90 Å². The molecule has 0 bridgehead atoms. The smallest absolute Gasteiger partial charge is 0.199 e. The molecule has 2 aromatic rings. The Kier molecular flexibility index (Phi) is 4.60. The molecule has 0 amide bonds. The van der Waals surface area contributed by atoms with E-state index in [1.54, 1.807) is 18.2 Å².